The van der Waals surface area contributed by atoms with Gasteiger partial charge in [0.1, 0.15) is 4.33 Å². The van der Waals surface area contributed by atoms with Crippen LogP contribution in [-0.4, -0.2) is 65.2 Å². The van der Waals surface area contributed by atoms with Crippen LogP contribution in [-0.2, 0) is 9.59 Å². The molecule has 1 N–H and O–H groups in total. The number of nitrogens with zero attached hydrogens (tertiary/aromatic N) is 2. The average molecular weight is 322 g/mol. The zero-order valence-electron chi connectivity index (χ0n) is 11.9. The van der Waals surface area contributed by atoms with E-state index in [2.05, 4.69) is 10.2 Å². The molecule has 1 saturated heterocycles. The fourth-order valence-electron chi connectivity index (χ4n) is 2.55. The first-order valence-corrected chi connectivity index (χ1v) is 7.72. The van der Waals surface area contributed by atoms with Crippen LogP contribution in [0.2, 0.25) is 0 Å². The summed E-state index contributed by atoms with van der Waals surface area (Å²) >= 11 is 12.1. The highest BCUT2D eigenvalue weighted by atomic mass is 35.5. The second-order valence-corrected chi connectivity index (χ2v) is 7.22. The topological polar surface area (TPSA) is 52.7 Å². The SMILES string of the molecule is CCNC(=O)CN1CCN(C(=O)C2(C)CC2(Cl)Cl)CC1. The number of alkyl halides is 2. The van der Waals surface area contributed by atoms with Crippen LogP contribution in [0.3, 0.4) is 0 Å². The molecular formula is C13H21Cl2N3O2. The summed E-state index contributed by atoms with van der Waals surface area (Å²) in [6, 6.07) is 0. The molecule has 1 saturated carbocycles. The molecular weight excluding hydrogens is 301 g/mol. The van der Waals surface area contributed by atoms with E-state index < -0.39 is 9.75 Å². The van der Waals surface area contributed by atoms with Gasteiger partial charge in [-0.05, 0) is 20.3 Å². The summed E-state index contributed by atoms with van der Waals surface area (Å²) in [7, 11) is 0. The van der Waals surface area contributed by atoms with Crippen LogP contribution < -0.4 is 5.32 Å². The third-order valence-electron chi connectivity index (χ3n) is 4.13. The lowest BCUT2D eigenvalue weighted by Crippen LogP contribution is -2.52. The van der Waals surface area contributed by atoms with Gasteiger partial charge < -0.3 is 10.2 Å². The summed E-state index contributed by atoms with van der Waals surface area (Å²) in [6.45, 7) is 7.40. The summed E-state index contributed by atoms with van der Waals surface area (Å²) in [5, 5.41) is 2.78. The Balaban J connectivity index is 1.80. The van der Waals surface area contributed by atoms with Crippen molar-refractivity contribution in [3.8, 4) is 0 Å². The molecule has 1 heterocycles. The van der Waals surface area contributed by atoms with Crippen LogP contribution >= 0.6 is 23.2 Å². The Morgan fingerprint density at radius 2 is 1.75 bits per heavy atom. The molecule has 114 valence electrons. The van der Waals surface area contributed by atoms with Crippen LogP contribution in [0.1, 0.15) is 20.3 Å². The van der Waals surface area contributed by atoms with Gasteiger partial charge in [0.15, 0.2) is 0 Å². The maximum Gasteiger partial charge on any atom is 0.234 e. The Morgan fingerprint density at radius 3 is 2.20 bits per heavy atom. The molecule has 1 aliphatic carbocycles. The minimum Gasteiger partial charge on any atom is -0.355 e. The number of nitrogens with one attached hydrogen (secondary N) is 1. The lowest BCUT2D eigenvalue weighted by molar-refractivity contribution is -0.138. The van der Waals surface area contributed by atoms with Crippen LogP contribution in [0.15, 0.2) is 0 Å². The van der Waals surface area contributed by atoms with Gasteiger partial charge in [-0.2, -0.15) is 0 Å². The zero-order chi connectivity index (χ0) is 15.0. The van der Waals surface area contributed by atoms with E-state index in [1.807, 2.05) is 13.8 Å². The maximum atomic E-state index is 12.4. The van der Waals surface area contributed by atoms with Crippen molar-refractivity contribution in [1.29, 1.82) is 0 Å². The molecule has 0 radical (unpaired) electrons. The Hall–Kier alpha value is -0.520. The molecule has 2 fully saturated rings. The Bertz CT molecular complexity index is 408. The first-order valence-electron chi connectivity index (χ1n) is 6.96. The largest absolute Gasteiger partial charge is 0.355 e. The third-order valence-corrected chi connectivity index (χ3v) is 5.23. The van der Waals surface area contributed by atoms with Gasteiger partial charge >= 0.3 is 0 Å². The van der Waals surface area contributed by atoms with E-state index in [4.69, 9.17) is 23.2 Å². The van der Waals surface area contributed by atoms with Crippen molar-refractivity contribution in [2.24, 2.45) is 5.41 Å². The van der Waals surface area contributed by atoms with E-state index in [0.717, 1.165) is 0 Å². The lowest BCUT2D eigenvalue weighted by atomic mass is 10.1. The molecule has 0 aromatic rings. The second-order valence-electron chi connectivity index (χ2n) is 5.74. The minimum absolute atomic E-state index is 0.0279. The lowest BCUT2D eigenvalue weighted by Gasteiger charge is -2.36. The first-order chi connectivity index (χ1) is 9.30. The standard InChI is InChI=1S/C13H21Cl2N3O2/c1-3-16-10(19)8-17-4-6-18(7-5-17)11(20)12(2)9-13(12,14)15/h3-9H2,1-2H3,(H,16,19). The number of hydrogen-bond donors (Lipinski definition) is 1. The van der Waals surface area contributed by atoms with Gasteiger partial charge in [-0.1, -0.05) is 0 Å². The van der Waals surface area contributed by atoms with E-state index >= 15 is 0 Å². The summed E-state index contributed by atoms with van der Waals surface area (Å²) in [5.74, 6) is 0.0575. The Labute approximate surface area is 129 Å². The molecule has 2 amide bonds. The Morgan fingerprint density at radius 1 is 1.20 bits per heavy atom. The molecule has 0 bridgehead atoms. The summed E-state index contributed by atoms with van der Waals surface area (Å²) in [4.78, 5) is 27.8. The number of rotatable bonds is 4. The number of piperazine rings is 1. The minimum atomic E-state index is -0.914. The molecule has 2 aliphatic rings. The number of halogens is 2. The van der Waals surface area contributed by atoms with Crippen molar-refractivity contribution in [2.75, 3.05) is 39.3 Å². The quantitative estimate of drug-likeness (QED) is 0.781. The van der Waals surface area contributed by atoms with Crippen LogP contribution in [0.25, 0.3) is 0 Å². The van der Waals surface area contributed by atoms with E-state index in [-0.39, 0.29) is 11.8 Å². The summed E-state index contributed by atoms with van der Waals surface area (Å²) in [5.41, 5.74) is -0.641. The number of hydrogen-bond acceptors (Lipinski definition) is 3. The van der Waals surface area contributed by atoms with Gasteiger partial charge in [0.25, 0.3) is 0 Å². The van der Waals surface area contributed by atoms with Gasteiger partial charge in [-0.15, -0.1) is 23.2 Å². The molecule has 20 heavy (non-hydrogen) atoms. The molecule has 5 nitrogen and oxygen atoms in total. The van der Waals surface area contributed by atoms with Crippen molar-refractivity contribution in [3.05, 3.63) is 0 Å². The van der Waals surface area contributed by atoms with Crippen molar-refractivity contribution < 1.29 is 9.59 Å². The van der Waals surface area contributed by atoms with E-state index in [9.17, 15) is 9.59 Å². The number of carbonyl (C=O) groups is 2. The highest BCUT2D eigenvalue weighted by Crippen LogP contribution is 2.64. The fraction of sp³-hybridized carbons (Fsp3) is 0.846. The predicted molar refractivity (Wildman–Crippen MR) is 78.9 cm³/mol. The molecule has 7 heteroatoms. The van der Waals surface area contributed by atoms with Crippen LogP contribution in [0, 0.1) is 5.41 Å². The van der Waals surface area contributed by atoms with Gasteiger partial charge in [0.2, 0.25) is 11.8 Å². The summed E-state index contributed by atoms with van der Waals surface area (Å²) < 4.78 is -0.914. The first kappa shape index (κ1) is 15.9. The molecule has 1 atom stereocenters. The van der Waals surface area contributed by atoms with Crippen LogP contribution in [0.5, 0.6) is 0 Å². The smallest absolute Gasteiger partial charge is 0.234 e. The van der Waals surface area contributed by atoms with Gasteiger partial charge in [-0.3, -0.25) is 14.5 Å². The zero-order valence-corrected chi connectivity index (χ0v) is 13.4. The van der Waals surface area contributed by atoms with Gasteiger partial charge in [0.05, 0.1) is 12.0 Å². The third kappa shape index (κ3) is 3.05. The molecule has 1 aliphatic heterocycles. The second kappa shape index (κ2) is 5.70. The van der Waals surface area contributed by atoms with Crippen LogP contribution in [0.4, 0.5) is 0 Å². The molecule has 0 spiro atoms. The van der Waals surface area contributed by atoms with E-state index in [1.165, 1.54) is 0 Å². The van der Waals surface area contributed by atoms with Gasteiger partial charge in [-0.25, -0.2) is 0 Å². The molecule has 2 rings (SSSR count). The molecule has 1 unspecified atom stereocenters. The van der Waals surface area contributed by atoms with Crippen molar-refractivity contribution >= 4 is 35.0 Å². The number of amides is 2. The van der Waals surface area contributed by atoms with Crippen molar-refractivity contribution in [3.63, 3.8) is 0 Å². The maximum absolute atomic E-state index is 12.4. The predicted octanol–water partition coefficient (Wildman–Crippen LogP) is 0.851. The molecule has 0 aromatic heterocycles. The average Bonchev–Trinajstić information content (AvgIpc) is 2.90. The summed E-state index contributed by atoms with van der Waals surface area (Å²) in [6.07, 6.45) is 0.515. The van der Waals surface area contributed by atoms with E-state index in [1.54, 1.807) is 4.90 Å². The number of carbonyl (C=O) groups excluding carboxylic acids is 2. The highest BCUT2D eigenvalue weighted by molar-refractivity contribution is 6.53. The van der Waals surface area contributed by atoms with Crippen molar-refractivity contribution in [2.45, 2.75) is 24.6 Å². The molecule has 0 aromatic carbocycles. The fourth-order valence-corrected chi connectivity index (χ4v) is 3.24. The monoisotopic (exact) mass is 321 g/mol. The number of likely N-dealkylation sites (N-methyl/N-ethyl adjacent to an activating group) is 1. The van der Waals surface area contributed by atoms with Gasteiger partial charge in [0, 0.05) is 32.7 Å². The van der Waals surface area contributed by atoms with Crippen molar-refractivity contribution in [1.82, 2.24) is 15.1 Å². The highest BCUT2D eigenvalue weighted by Gasteiger charge is 2.68. The Kier molecular flexibility index (Phi) is 4.52. The van der Waals surface area contributed by atoms with E-state index in [0.29, 0.717) is 45.7 Å². The normalized spacial score (nSPS) is 29.1.